The molecule has 1 saturated heterocycles. The minimum atomic E-state index is -0.514. The van der Waals surface area contributed by atoms with E-state index in [9.17, 15) is 18.8 Å². The molecular formula is C30H39FN4O4. The molecule has 0 unspecified atom stereocenters. The normalized spacial score (nSPS) is 19.1. The number of amides is 3. The maximum Gasteiger partial charge on any atom is 0.255 e. The quantitative estimate of drug-likeness (QED) is 0.550. The zero-order chi connectivity index (χ0) is 27.8. The van der Waals surface area contributed by atoms with Crippen molar-refractivity contribution in [3.8, 4) is 5.75 Å². The molecule has 0 aromatic heterocycles. The summed E-state index contributed by atoms with van der Waals surface area (Å²) in [6.45, 7) is 6.52. The predicted molar refractivity (Wildman–Crippen MR) is 148 cm³/mol. The molecule has 2 aliphatic heterocycles. The first kappa shape index (κ1) is 28.5. The summed E-state index contributed by atoms with van der Waals surface area (Å²) in [5.41, 5.74) is 1.98. The van der Waals surface area contributed by atoms with Crippen LogP contribution in [0.5, 0.6) is 5.75 Å². The molecule has 3 amide bonds. The minimum absolute atomic E-state index is 0.0453. The summed E-state index contributed by atoms with van der Waals surface area (Å²) < 4.78 is 20.0. The van der Waals surface area contributed by atoms with Gasteiger partial charge >= 0.3 is 0 Å². The van der Waals surface area contributed by atoms with Crippen LogP contribution in [0.4, 0.5) is 10.1 Å². The molecule has 2 aromatic carbocycles. The molecule has 2 heterocycles. The maximum absolute atomic E-state index is 14.1. The van der Waals surface area contributed by atoms with Crippen molar-refractivity contribution in [1.29, 1.82) is 0 Å². The highest BCUT2D eigenvalue weighted by atomic mass is 19.1. The van der Waals surface area contributed by atoms with Gasteiger partial charge in [-0.15, -0.1) is 0 Å². The number of nitrogens with zero attached hydrogens (tertiary/aromatic N) is 1. The number of nitrogens with one attached hydrogen (secondary N) is 3. The van der Waals surface area contributed by atoms with Gasteiger partial charge in [0, 0.05) is 13.1 Å². The van der Waals surface area contributed by atoms with Gasteiger partial charge in [0.15, 0.2) is 0 Å². The second kappa shape index (κ2) is 13.1. The molecule has 1 fully saturated rings. The first-order valence-corrected chi connectivity index (χ1v) is 13.8. The molecule has 0 bridgehead atoms. The van der Waals surface area contributed by atoms with Crippen molar-refractivity contribution in [3.63, 3.8) is 0 Å². The van der Waals surface area contributed by atoms with Gasteiger partial charge in [-0.25, -0.2) is 4.39 Å². The average molecular weight is 539 g/mol. The number of halogens is 1. The van der Waals surface area contributed by atoms with Gasteiger partial charge in [-0.1, -0.05) is 24.6 Å². The third kappa shape index (κ3) is 7.35. The Kier molecular flexibility index (Phi) is 9.56. The largest absolute Gasteiger partial charge is 0.492 e. The SMILES string of the molecule is Cc1ccc(F)c(NC(=O)CN2CCC3(CCCCNC(=O)c4cccc(C)c4OCCCNC3=O)CC2)c1. The molecule has 2 aromatic rings. The fraction of sp³-hybridized carbons (Fsp3) is 0.500. The van der Waals surface area contributed by atoms with Crippen LogP contribution in [0, 0.1) is 25.1 Å². The Labute approximate surface area is 229 Å². The Morgan fingerprint density at radius 2 is 1.79 bits per heavy atom. The first-order valence-electron chi connectivity index (χ1n) is 13.8. The lowest BCUT2D eigenvalue weighted by molar-refractivity contribution is -0.134. The average Bonchev–Trinajstić information content (AvgIpc) is 2.91. The van der Waals surface area contributed by atoms with Gasteiger partial charge in [0.05, 0.1) is 29.8 Å². The minimum Gasteiger partial charge on any atom is -0.492 e. The number of anilines is 1. The summed E-state index contributed by atoms with van der Waals surface area (Å²) in [7, 11) is 0. The van der Waals surface area contributed by atoms with Crippen LogP contribution in [-0.4, -0.2) is 62.0 Å². The zero-order valence-electron chi connectivity index (χ0n) is 22.9. The number of likely N-dealkylation sites (tertiary alicyclic amines) is 1. The molecule has 39 heavy (non-hydrogen) atoms. The molecule has 0 saturated carbocycles. The molecule has 210 valence electrons. The van der Waals surface area contributed by atoms with Crippen molar-refractivity contribution < 1.29 is 23.5 Å². The second-order valence-corrected chi connectivity index (χ2v) is 10.7. The van der Waals surface area contributed by atoms with Gasteiger partial charge in [0.25, 0.3) is 5.91 Å². The number of hydrogen-bond acceptors (Lipinski definition) is 5. The highest BCUT2D eigenvalue weighted by Gasteiger charge is 2.40. The van der Waals surface area contributed by atoms with Crippen LogP contribution in [0.15, 0.2) is 36.4 Å². The van der Waals surface area contributed by atoms with E-state index in [1.165, 1.54) is 6.07 Å². The van der Waals surface area contributed by atoms with Crippen LogP contribution < -0.4 is 20.7 Å². The van der Waals surface area contributed by atoms with Gasteiger partial charge in [-0.05, 0) is 88.4 Å². The number of aryl methyl sites for hydroxylation is 2. The van der Waals surface area contributed by atoms with Gasteiger partial charge in [0.1, 0.15) is 11.6 Å². The van der Waals surface area contributed by atoms with E-state index in [1.54, 1.807) is 18.2 Å². The number of ether oxygens (including phenoxy) is 1. The number of benzene rings is 2. The van der Waals surface area contributed by atoms with E-state index in [-0.39, 0.29) is 30.0 Å². The number of carbonyl (C=O) groups is 3. The molecule has 2 aliphatic rings. The van der Waals surface area contributed by atoms with Gasteiger partial charge in [-0.2, -0.15) is 0 Å². The lowest BCUT2D eigenvalue weighted by Crippen LogP contribution is -2.50. The van der Waals surface area contributed by atoms with Gasteiger partial charge in [-0.3, -0.25) is 19.3 Å². The highest BCUT2D eigenvalue weighted by Crippen LogP contribution is 2.37. The number of piperidine rings is 1. The zero-order valence-corrected chi connectivity index (χ0v) is 22.9. The fourth-order valence-electron chi connectivity index (χ4n) is 5.40. The van der Waals surface area contributed by atoms with Crippen molar-refractivity contribution in [2.24, 2.45) is 5.41 Å². The summed E-state index contributed by atoms with van der Waals surface area (Å²) >= 11 is 0. The monoisotopic (exact) mass is 538 g/mol. The summed E-state index contributed by atoms with van der Waals surface area (Å²) in [5.74, 6) is -0.240. The van der Waals surface area contributed by atoms with E-state index in [0.717, 1.165) is 30.4 Å². The van der Waals surface area contributed by atoms with Gasteiger partial charge in [0.2, 0.25) is 11.8 Å². The summed E-state index contributed by atoms with van der Waals surface area (Å²) in [6, 6.07) is 10.2. The Morgan fingerprint density at radius 3 is 2.59 bits per heavy atom. The first-order chi connectivity index (χ1) is 18.8. The molecule has 8 nitrogen and oxygen atoms in total. The van der Waals surface area contributed by atoms with Gasteiger partial charge < -0.3 is 20.7 Å². The van der Waals surface area contributed by atoms with Crippen LogP contribution in [0.2, 0.25) is 0 Å². The highest BCUT2D eigenvalue weighted by molar-refractivity contribution is 5.97. The number of para-hydroxylation sites is 1. The van der Waals surface area contributed by atoms with Crippen LogP contribution in [0.25, 0.3) is 0 Å². The van der Waals surface area contributed by atoms with E-state index in [2.05, 4.69) is 16.0 Å². The summed E-state index contributed by atoms with van der Waals surface area (Å²) in [6.07, 6.45) is 4.18. The van der Waals surface area contributed by atoms with Crippen LogP contribution >= 0.6 is 0 Å². The summed E-state index contributed by atoms with van der Waals surface area (Å²) in [5, 5.41) is 8.79. The lowest BCUT2D eigenvalue weighted by atomic mass is 9.73. The topological polar surface area (TPSA) is 99.8 Å². The smallest absolute Gasteiger partial charge is 0.255 e. The molecule has 0 radical (unpaired) electrons. The van der Waals surface area contributed by atoms with E-state index in [4.69, 9.17) is 4.74 Å². The standard InChI is InChI=1S/C30H39FN4O4/c1-21-9-10-24(31)25(19-21)34-26(36)20-35-16-12-30(13-17-35)11-3-4-14-32-28(37)23-8-5-7-22(2)27(23)39-18-6-15-33-29(30)38/h5,7-10,19H,3-4,6,11-18,20H2,1-2H3,(H,32,37)(H,33,38)(H,34,36). The van der Waals surface area contributed by atoms with Crippen LogP contribution in [0.3, 0.4) is 0 Å². The Morgan fingerprint density at radius 1 is 1.03 bits per heavy atom. The Bertz CT molecular complexity index is 1190. The number of carbonyl (C=O) groups excluding carboxylic acids is 3. The Balaban J connectivity index is 1.34. The van der Waals surface area contributed by atoms with E-state index in [0.29, 0.717) is 63.4 Å². The number of rotatable bonds is 3. The lowest BCUT2D eigenvalue weighted by Gasteiger charge is -2.40. The van der Waals surface area contributed by atoms with Crippen molar-refractivity contribution in [3.05, 3.63) is 58.9 Å². The fourth-order valence-corrected chi connectivity index (χ4v) is 5.40. The molecule has 3 N–H and O–H groups in total. The summed E-state index contributed by atoms with van der Waals surface area (Å²) in [4.78, 5) is 40.8. The van der Waals surface area contributed by atoms with Crippen LogP contribution in [0.1, 0.15) is 60.0 Å². The van der Waals surface area contributed by atoms with E-state index < -0.39 is 11.2 Å². The molecule has 9 heteroatoms. The maximum atomic E-state index is 14.1. The third-order valence-corrected chi connectivity index (χ3v) is 7.74. The molecule has 1 spiro atoms. The predicted octanol–water partition coefficient (Wildman–Crippen LogP) is 3.96. The third-order valence-electron chi connectivity index (χ3n) is 7.74. The number of hydrogen-bond donors (Lipinski definition) is 3. The Hall–Kier alpha value is -3.46. The van der Waals surface area contributed by atoms with Crippen molar-refractivity contribution in [2.75, 3.05) is 44.6 Å². The molecule has 0 aliphatic carbocycles. The van der Waals surface area contributed by atoms with Crippen molar-refractivity contribution >= 4 is 23.4 Å². The van der Waals surface area contributed by atoms with E-state index >= 15 is 0 Å². The molecular weight excluding hydrogens is 499 g/mol. The van der Waals surface area contributed by atoms with Crippen LogP contribution in [-0.2, 0) is 9.59 Å². The molecule has 4 rings (SSSR count). The second-order valence-electron chi connectivity index (χ2n) is 10.7. The number of fused-ring (bicyclic) bond motifs is 1. The van der Waals surface area contributed by atoms with E-state index in [1.807, 2.05) is 30.9 Å². The van der Waals surface area contributed by atoms with Crippen molar-refractivity contribution in [1.82, 2.24) is 15.5 Å². The molecule has 0 atom stereocenters. The van der Waals surface area contributed by atoms with Crippen molar-refractivity contribution in [2.45, 2.75) is 52.4 Å².